The van der Waals surface area contributed by atoms with Crippen molar-refractivity contribution in [3.63, 3.8) is 0 Å². The fraction of sp³-hybridized carbons (Fsp3) is 0.571. The van der Waals surface area contributed by atoms with Crippen LogP contribution >= 0.6 is 15.9 Å². The SMILES string of the molecule is CCOC1C(Br)CC1Oc1cc([N+](=O)[O-])c(C)cc1C. The Morgan fingerprint density at radius 1 is 1.40 bits per heavy atom. The van der Waals surface area contributed by atoms with Crippen LogP contribution in [0.2, 0.25) is 0 Å². The number of nitro benzene ring substituents is 1. The highest BCUT2D eigenvalue weighted by atomic mass is 79.9. The van der Waals surface area contributed by atoms with Crippen molar-refractivity contribution in [2.75, 3.05) is 6.61 Å². The molecule has 1 saturated carbocycles. The predicted molar refractivity (Wildman–Crippen MR) is 79.7 cm³/mol. The molecule has 1 aliphatic rings. The third kappa shape index (κ3) is 2.96. The third-order valence-electron chi connectivity index (χ3n) is 3.51. The first-order chi connectivity index (χ1) is 9.43. The molecule has 3 unspecified atom stereocenters. The van der Waals surface area contributed by atoms with Crippen LogP contribution in [0.15, 0.2) is 12.1 Å². The lowest BCUT2D eigenvalue weighted by molar-refractivity contribution is -0.385. The number of alkyl halides is 1. The summed E-state index contributed by atoms with van der Waals surface area (Å²) in [5.74, 6) is 0.566. The monoisotopic (exact) mass is 343 g/mol. The van der Waals surface area contributed by atoms with Gasteiger partial charge in [0, 0.05) is 23.4 Å². The molecule has 0 bridgehead atoms. The van der Waals surface area contributed by atoms with Gasteiger partial charge < -0.3 is 9.47 Å². The number of hydrogen-bond acceptors (Lipinski definition) is 4. The highest BCUT2D eigenvalue weighted by Gasteiger charge is 2.42. The van der Waals surface area contributed by atoms with Crippen LogP contribution in [0, 0.1) is 24.0 Å². The summed E-state index contributed by atoms with van der Waals surface area (Å²) in [6.07, 6.45) is 0.784. The number of halogens is 1. The van der Waals surface area contributed by atoms with Crippen molar-refractivity contribution in [1.82, 2.24) is 0 Å². The number of ether oxygens (including phenoxy) is 2. The first kappa shape index (κ1) is 15.3. The van der Waals surface area contributed by atoms with Crippen molar-refractivity contribution in [2.24, 2.45) is 0 Å². The molecule has 0 aromatic heterocycles. The molecule has 0 heterocycles. The Hall–Kier alpha value is -1.14. The maximum atomic E-state index is 11.0. The molecule has 6 heteroatoms. The van der Waals surface area contributed by atoms with Crippen molar-refractivity contribution in [3.05, 3.63) is 33.4 Å². The maximum absolute atomic E-state index is 11.0. The Balaban J connectivity index is 2.17. The predicted octanol–water partition coefficient (Wildman–Crippen LogP) is 3.53. The van der Waals surface area contributed by atoms with Crippen LogP contribution in [0.3, 0.4) is 0 Å². The molecule has 20 heavy (non-hydrogen) atoms. The number of aryl methyl sites for hydroxylation is 2. The fourth-order valence-electron chi connectivity index (χ4n) is 2.36. The smallest absolute Gasteiger partial charge is 0.276 e. The van der Waals surface area contributed by atoms with E-state index in [0.29, 0.717) is 17.9 Å². The van der Waals surface area contributed by atoms with Crippen molar-refractivity contribution in [2.45, 2.75) is 44.2 Å². The second kappa shape index (κ2) is 6.10. The molecule has 0 N–H and O–H groups in total. The first-order valence-corrected chi connectivity index (χ1v) is 7.53. The van der Waals surface area contributed by atoms with E-state index in [2.05, 4.69) is 15.9 Å². The van der Waals surface area contributed by atoms with Gasteiger partial charge in [-0.15, -0.1) is 0 Å². The van der Waals surface area contributed by atoms with Crippen LogP contribution in [0.1, 0.15) is 24.5 Å². The summed E-state index contributed by atoms with van der Waals surface area (Å²) in [6.45, 7) is 6.19. The molecule has 0 aliphatic heterocycles. The molecular formula is C14H18BrNO4. The Morgan fingerprint density at radius 2 is 2.10 bits per heavy atom. The first-order valence-electron chi connectivity index (χ1n) is 6.62. The molecule has 0 radical (unpaired) electrons. The molecule has 0 amide bonds. The minimum Gasteiger partial charge on any atom is -0.487 e. The lowest BCUT2D eigenvalue weighted by atomic mass is 9.91. The fourth-order valence-corrected chi connectivity index (χ4v) is 3.22. The van der Waals surface area contributed by atoms with Gasteiger partial charge in [-0.05, 0) is 32.4 Å². The molecule has 1 aliphatic carbocycles. The minimum absolute atomic E-state index is 0.000223. The molecule has 3 atom stereocenters. The lowest BCUT2D eigenvalue weighted by Gasteiger charge is -2.40. The lowest BCUT2D eigenvalue weighted by Crippen LogP contribution is -2.52. The molecule has 0 saturated heterocycles. The van der Waals surface area contributed by atoms with Crippen LogP contribution in [-0.4, -0.2) is 28.6 Å². The largest absolute Gasteiger partial charge is 0.487 e. The van der Waals surface area contributed by atoms with Crippen molar-refractivity contribution < 1.29 is 14.4 Å². The summed E-state index contributed by atoms with van der Waals surface area (Å²) in [5, 5.41) is 11.0. The zero-order valence-electron chi connectivity index (χ0n) is 11.8. The van der Waals surface area contributed by atoms with Crippen molar-refractivity contribution >= 4 is 21.6 Å². The van der Waals surface area contributed by atoms with Crippen molar-refractivity contribution in [3.8, 4) is 5.75 Å². The van der Waals surface area contributed by atoms with Gasteiger partial charge in [0.1, 0.15) is 18.0 Å². The maximum Gasteiger partial charge on any atom is 0.276 e. The zero-order valence-corrected chi connectivity index (χ0v) is 13.3. The Labute approximate surface area is 126 Å². The number of hydrogen-bond donors (Lipinski definition) is 0. The van der Waals surface area contributed by atoms with E-state index < -0.39 is 0 Å². The molecule has 2 rings (SSSR count). The van der Waals surface area contributed by atoms with E-state index in [9.17, 15) is 10.1 Å². The summed E-state index contributed by atoms with van der Waals surface area (Å²) < 4.78 is 11.5. The van der Waals surface area contributed by atoms with Gasteiger partial charge in [0.15, 0.2) is 0 Å². The molecule has 0 spiro atoms. The topological polar surface area (TPSA) is 61.6 Å². The number of nitro groups is 1. The van der Waals surface area contributed by atoms with Gasteiger partial charge in [-0.2, -0.15) is 0 Å². The second-order valence-corrected chi connectivity index (χ2v) is 6.17. The van der Waals surface area contributed by atoms with Crippen LogP contribution in [0.5, 0.6) is 5.75 Å². The van der Waals surface area contributed by atoms with Gasteiger partial charge >= 0.3 is 0 Å². The van der Waals surface area contributed by atoms with Gasteiger partial charge in [0.05, 0.1) is 11.0 Å². The van der Waals surface area contributed by atoms with E-state index in [0.717, 1.165) is 12.0 Å². The standard InChI is InChI=1S/C14H18BrNO4/c1-4-19-14-10(15)6-13(14)20-12-7-11(16(17)18)8(2)5-9(12)3/h5,7,10,13-14H,4,6H2,1-3H3. The van der Waals surface area contributed by atoms with E-state index in [1.165, 1.54) is 6.07 Å². The molecule has 1 aromatic rings. The minimum atomic E-state index is -0.379. The van der Waals surface area contributed by atoms with Crippen LogP contribution in [-0.2, 0) is 4.74 Å². The molecule has 110 valence electrons. The average molecular weight is 344 g/mol. The number of benzene rings is 1. The summed E-state index contributed by atoms with van der Waals surface area (Å²) in [6, 6.07) is 3.29. The number of nitrogens with zero attached hydrogens (tertiary/aromatic N) is 1. The van der Waals surface area contributed by atoms with Gasteiger partial charge in [-0.1, -0.05) is 15.9 Å². The van der Waals surface area contributed by atoms with Gasteiger partial charge in [-0.3, -0.25) is 10.1 Å². The average Bonchev–Trinajstić information content (AvgIpc) is 2.37. The van der Waals surface area contributed by atoms with E-state index in [-0.39, 0.29) is 27.6 Å². The van der Waals surface area contributed by atoms with Crippen molar-refractivity contribution in [1.29, 1.82) is 0 Å². The second-order valence-electron chi connectivity index (χ2n) is 4.99. The molecule has 1 fully saturated rings. The molecule has 5 nitrogen and oxygen atoms in total. The van der Waals surface area contributed by atoms with E-state index in [1.807, 2.05) is 13.8 Å². The highest BCUT2D eigenvalue weighted by Crippen LogP contribution is 2.36. The normalized spacial score (nSPS) is 25.1. The Morgan fingerprint density at radius 3 is 2.65 bits per heavy atom. The summed E-state index contributed by atoms with van der Waals surface area (Å²) in [7, 11) is 0. The molecular weight excluding hydrogens is 326 g/mol. The van der Waals surface area contributed by atoms with Crippen LogP contribution in [0.25, 0.3) is 0 Å². The van der Waals surface area contributed by atoms with E-state index in [4.69, 9.17) is 9.47 Å². The van der Waals surface area contributed by atoms with Crippen LogP contribution in [0.4, 0.5) is 5.69 Å². The number of rotatable bonds is 5. The summed E-state index contributed by atoms with van der Waals surface area (Å²) in [5.41, 5.74) is 1.64. The highest BCUT2D eigenvalue weighted by molar-refractivity contribution is 9.09. The Kier molecular flexibility index (Phi) is 4.65. The third-order valence-corrected chi connectivity index (χ3v) is 4.40. The summed E-state index contributed by atoms with van der Waals surface area (Å²) >= 11 is 3.54. The molecule has 1 aromatic carbocycles. The summed E-state index contributed by atoms with van der Waals surface area (Å²) in [4.78, 5) is 10.9. The van der Waals surface area contributed by atoms with Gasteiger partial charge in [-0.25, -0.2) is 0 Å². The van der Waals surface area contributed by atoms with Gasteiger partial charge in [0.25, 0.3) is 5.69 Å². The quantitative estimate of drug-likeness (QED) is 0.466. The Bertz CT molecular complexity index is 520. The van der Waals surface area contributed by atoms with Crippen LogP contribution < -0.4 is 4.74 Å². The zero-order chi connectivity index (χ0) is 14.9. The van der Waals surface area contributed by atoms with E-state index >= 15 is 0 Å². The van der Waals surface area contributed by atoms with Gasteiger partial charge in [0.2, 0.25) is 0 Å². The van der Waals surface area contributed by atoms with E-state index in [1.54, 1.807) is 13.0 Å².